The van der Waals surface area contributed by atoms with E-state index >= 15 is 0 Å². The Balaban J connectivity index is 2.06. The van der Waals surface area contributed by atoms with Gasteiger partial charge in [0.25, 0.3) is 0 Å². The second kappa shape index (κ2) is 5.27. The van der Waals surface area contributed by atoms with Crippen LogP contribution in [-0.4, -0.2) is 9.55 Å². The zero-order chi connectivity index (χ0) is 13.1. The minimum absolute atomic E-state index is 0.280. The summed E-state index contributed by atoms with van der Waals surface area (Å²) in [4.78, 5) is 4.15. The lowest BCUT2D eigenvalue weighted by Gasteiger charge is -2.15. The van der Waals surface area contributed by atoms with Gasteiger partial charge in [-0.25, -0.2) is 13.8 Å². The van der Waals surface area contributed by atoms with Crippen LogP contribution in [0.1, 0.15) is 24.4 Å². The molecule has 1 aromatic carbocycles. The predicted molar refractivity (Wildman–Crippen MR) is 64.8 cm³/mol. The van der Waals surface area contributed by atoms with E-state index in [-0.39, 0.29) is 6.04 Å². The van der Waals surface area contributed by atoms with Crippen molar-refractivity contribution in [2.45, 2.75) is 19.5 Å². The Hall–Kier alpha value is -1.75. The molecule has 0 saturated carbocycles. The number of imidazole rings is 1. The summed E-state index contributed by atoms with van der Waals surface area (Å²) >= 11 is 0. The fourth-order valence-electron chi connectivity index (χ4n) is 1.77. The van der Waals surface area contributed by atoms with Gasteiger partial charge in [0, 0.05) is 31.0 Å². The quantitative estimate of drug-likeness (QED) is 0.905. The monoisotopic (exact) mass is 251 g/mol. The van der Waals surface area contributed by atoms with Gasteiger partial charge in [0.15, 0.2) is 0 Å². The van der Waals surface area contributed by atoms with Crippen molar-refractivity contribution in [3.05, 3.63) is 53.6 Å². The number of hydrogen-bond donors (Lipinski definition) is 1. The molecule has 1 N–H and O–H groups in total. The highest BCUT2D eigenvalue weighted by atomic mass is 19.1. The number of aromatic nitrogens is 2. The smallest absolute Gasteiger partial charge is 0.128 e. The number of hydrogen-bond acceptors (Lipinski definition) is 2. The molecule has 1 heterocycles. The zero-order valence-corrected chi connectivity index (χ0v) is 10.3. The van der Waals surface area contributed by atoms with Crippen LogP contribution in [-0.2, 0) is 13.6 Å². The van der Waals surface area contributed by atoms with Crippen LogP contribution in [0.15, 0.2) is 30.6 Å². The lowest BCUT2D eigenvalue weighted by Crippen LogP contribution is -2.21. The number of nitrogens with one attached hydrogen (secondary N) is 1. The number of rotatable bonds is 4. The molecule has 1 aromatic heterocycles. The number of benzene rings is 1. The van der Waals surface area contributed by atoms with E-state index in [2.05, 4.69) is 10.3 Å². The third-order valence-electron chi connectivity index (χ3n) is 2.91. The first-order valence-corrected chi connectivity index (χ1v) is 5.72. The lowest BCUT2D eigenvalue weighted by molar-refractivity contribution is 0.507. The Morgan fingerprint density at radius 1 is 1.39 bits per heavy atom. The van der Waals surface area contributed by atoms with Gasteiger partial charge < -0.3 is 9.88 Å². The van der Waals surface area contributed by atoms with E-state index in [1.165, 1.54) is 6.07 Å². The maximum absolute atomic E-state index is 13.5. The molecule has 96 valence electrons. The summed E-state index contributed by atoms with van der Waals surface area (Å²) in [6.07, 6.45) is 3.54. The van der Waals surface area contributed by atoms with Crippen LogP contribution in [0.5, 0.6) is 0 Å². The van der Waals surface area contributed by atoms with E-state index in [0.29, 0.717) is 12.1 Å². The van der Waals surface area contributed by atoms with Gasteiger partial charge in [-0.05, 0) is 25.1 Å². The number of halogens is 2. The van der Waals surface area contributed by atoms with E-state index in [9.17, 15) is 8.78 Å². The Kier molecular flexibility index (Phi) is 3.72. The summed E-state index contributed by atoms with van der Waals surface area (Å²) in [6, 6.07) is 3.19. The first-order valence-electron chi connectivity index (χ1n) is 5.72. The normalized spacial score (nSPS) is 12.7. The van der Waals surface area contributed by atoms with Gasteiger partial charge in [-0.1, -0.05) is 0 Å². The Morgan fingerprint density at radius 3 is 2.83 bits per heavy atom. The lowest BCUT2D eigenvalue weighted by atomic mass is 10.1. The molecule has 0 aliphatic heterocycles. The van der Waals surface area contributed by atoms with E-state index in [4.69, 9.17) is 0 Å². The summed E-state index contributed by atoms with van der Waals surface area (Å²) < 4.78 is 28.5. The summed E-state index contributed by atoms with van der Waals surface area (Å²) in [5.74, 6) is 0.00643. The van der Waals surface area contributed by atoms with Crippen LogP contribution in [0.2, 0.25) is 0 Å². The molecule has 0 aliphatic rings. The fraction of sp³-hybridized carbons (Fsp3) is 0.308. The van der Waals surface area contributed by atoms with Crippen molar-refractivity contribution in [1.29, 1.82) is 0 Å². The molecule has 1 unspecified atom stereocenters. The second-order valence-corrected chi connectivity index (χ2v) is 4.22. The van der Waals surface area contributed by atoms with Crippen molar-refractivity contribution in [1.82, 2.24) is 14.9 Å². The molecule has 0 bridgehead atoms. The molecule has 3 nitrogen and oxygen atoms in total. The first kappa shape index (κ1) is 12.7. The summed E-state index contributed by atoms with van der Waals surface area (Å²) in [5.41, 5.74) is 0.323. The van der Waals surface area contributed by atoms with Crippen molar-refractivity contribution >= 4 is 0 Å². The Morgan fingerprint density at radius 2 is 2.17 bits per heavy atom. The minimum atomic E-state index is -0.433. The van der Waals surface area contributed by atoms with Crippen molar-refractivity contribution in [3.8, 4) is 0 Å². The Labute approximate surface area is 104 Å². The van der Waals surface area contributed by atoms with Crippen molar-refractivity contribution in [2.24, 2.45) is 7.05 Å². The summed E-state index contributed by atoms with van der Waals surface area (Å²) in [5, 5.41) is 3.12. The molecule has 0 radical (unpaired) electrons. The SMILES string of the molecule is CC(NCc1nccn1C)c1cc(F)ccc1F. The number of nitrogens with zero attached hydrogens (tertiary/aromatic N) is 2. The molecule has 0 spiro atoms. The predicted octanol–water partition coefficient (Wildman–Crippen LogP) is 2.55. The molecule has 2 rings (SSSR count). The maximum Gasteiger partial charge on any atom is 0.128 e. The second-order valence-electron chi connectivity index (χ2n) is 4.22. The van der Waals surface area contributed by atoms with Gasteiger partial charge >= 0.3 is 0 Å². The summed E-state index contributed by atoms with van der Waals surface area (Å²) in [6.45, 7) is 2.29. The van der Waals surface area contributed by atoms with E-state index in [0.717, 1.165) is 18.0 Å². The molecular formula is C13H15F2N3. The van der Waals surface area contributed by atoms with E-state index in [1.54, 1.807) is 13.1 Å². The molecule has 0 aliphatic carbocycles. The van der Waals surface area contributed by atoms with Gasteiger partial charge in [0.05, 0.1) is 6.54 Å². The minimum Gasteiger partial charge on any atom is -0.337 e. The molecular weight excluding hydrogens is 236 g/mol. The standard InChI is InChI=1S/C13H15F2N3/c1-9(11-7-10(14)3-4-12(11)15)17-8-13-16-5-6-18(13)2/h3-7,9,17H,8H2,1-2H3. The third kappa shape index (κ3) is 2.73. The molecule has 0 amide bonds. The fourth-order valence-corrected chi connectivity index (χ4v) is 1.77. The average Bonchev–Trinajstić information content (AvgIpc) is 2.75. The highest BCUT2D eigenvalue weighted by Gasteiger charge is 2.12. The molecule has 2 aromatic rings. The molecule has 18 heavy (non-hydrogen) atoms. The molecule has 1 atom stereocenters. The zero-order valence-electron chi connectivity index (χ0n) is 10.3. The van der Waals surface area contributed by atoms with Crippen molar-refractivity contribution in [2.75, 3.05) is 0 Å². The largest absolute Gasteiger partial charge is 0.337 e. The van der Waals surface area contributed by atoms with Gasteiger partial charge in [0.1, 0.15) is 17.5 Å². The third-order valence-corrected chi connectivity index (χ3v) is 2.91. The van der Waals surface area contributed by atoms with E-state index in [1.807, 2.05) is 17.8 Å². The summed E-state index contributed by atoms with van der Waals surface area (Å²) in [7, 11) is 1.89. The van der Waals surface area contributed by atoms with Gasteiger partial charge in [0.2, 0.25) is 0 Å². The van der Waals surface area contributed by atoms with Crippen molar-refractivity contribution < 1.29 is 8.78 Å². The van der Waals surface area contributed by atoms with Crippen LogP contribution < -0.4 is 5.32 Å². The highest BCUT2D eigenvalue weighted by molar-refractivity contribution is 5.21. The highest BCUT2D eigenvalue weighted by Crippen LogP contribution is 2.18. The molecule has 5 heteroatoms. The van der Waals surface area contributed by atoms with Crippen LogP contribution in [0.25, 0.3) is 0 Å². The van der Waals surface area contributed by atoms with Crippen LogP contribution in [0.3, 0.4) is 0 Å². The van der Waals surface area contributed by atoms with Crippen LogP contribution in [0, 0.1) is 11.6 Å². The maximum atomic E-state index is 13.5. The van der Waals surface area contributed by atoms with Gasteiger partial charge in [-0.2, -0.15) is 0 Å². The first-order chi connectivity index (χ1) is 8.58. The topological polar surface area (TPSA) is 29.9 Å². The molecule has 0 saturated heterocycles. The Bertz CT molecular complexity index is 537. The van der Waals surface area contributed by atoms with Gasteiger partial charge in [-0.3, -0.25) is 0 Å². The molecule has 0 fully saturated rings. The van der Waals surface area contributed by atoms with Gasteiger partial charge in [-0.15, -0.1) is 0 Å². The van der Waals surface area contributed by atoms with Crippen LogP contribution in [0.4, 0.5) is 8.78 Å². The number of aryl methyl sites for hydroxylation is 1. The van der Waals surface area contributed by atoms with E-state index < -0.39 is 11.6 Å². The van der Waals surface area contributed by atoms with Crippen LogP contribution >= 0.6 is 0 Å². The average molecular weight is 251 g/mol. The van der Waals surface area contributed by atoms with Crippen molar-refractivity contribution in [3.63, 3.8) is 0 Å².